The summed E-state index contributed by atoms with van der Waals surface area (Å²) in [5, 5.41) is 5.96. The highest BCUT2D eigenvalue weighted by atomic mass is 19.1. The Balaban J connectivity index is 1.98. The van der Waals surface area contributed by atoms with Crippen LogP contribution in [0.2, 0.25) is 0 Å². The highest BCUT2D eigenvalue weighted by Gasteiger charge is 2.19. The average molecular weight is 278 g/mol. The molecule has 0 unspecified atom stereocenters. The number of halogens is 1. The molecule has 110 valence electrons. The van der Waals surface area contributed by atoms with Gasteiger partial charge in [-0.25, -0.2) is 4.39 Å². The number of benzene rings is 1. The zero-order chi connectivity index (χ0) is 14.5. The van der Waals surface area contributed by atoms with Crippen LogP contribution in [0, 0.1) is 11.7 Å². The first kappa shape index (κ1) is 14.8. The smallest absolute Gasteiger partial charge is 0.221 e. The number of carbonyl (C=O) groups excluding carboxylic acids is 1. The van der Waals surface area contributed by atoms with Gasteiger partial charge in [0.15, 0.2) is 0 Å². The molecule has 0 saturated heterocycles. The number of hydrogen-bond acceptors (Lipinski definition) is 2. The summed E-state index contributed by atoms with van der Waals surface area (Å²) in [6, 6.07) is 5.24. The molecule has 1 aliphatic rings. The van der Waals surface area contributed by atoms with Crippen molar-refractivity contribution >= 4 is 17.3 Å². The van der Waals surface area contributed by atoms with Crippen molar-refractivity contribution in [2.24, 2.45) is 5.92 Å². The van der Waals surface area contributed by atoms with E-state index in [9.17, 15) is 9.18 Å². The molecule has 0 spiro atoms. The second kappa shape index (κ2) is 6.73. The van der Waals surface area contributed by atoms with Crippen LogP contribution in [0.3, 0.4) is 0 Å². The molecule has 4 heteroatoms. The summed E-state index contributed by atoms with van der Waals surface area (Å²) < 4.78 is 13.6. The van der Waals surface area contributed by atoms with Crippen molar-refractivity contribution in [2.75, 3.05) is 10.6 Å². The summed E-state index contributed by atoms with van der Waals surface area (Å²) in [4.78, 5) is 11.0. The van der Waals surface area contributed by atoms with Gasteiger partial charge < -0.3 is 10.6 Å². The summed E-state index contributed by atoms with van der Waals surface area (Å²) >= 11 is 0. The van der Waals surface area contributed by atoms with E-state index in [-0.39, 0.29) is 11.6 Å². The molecule has 2 rings (SSSR count). The molecule has 1 amide bonds. The number of nitrogens with one attached hydrogen (secondary N) is 2. The third kappa shape index (κ3) is 3.95. The van der Waals surface area contributed by atoms with Crippen LogP contribution in [0.4, 0.5) is 15.8 Å². The Morgan fingerprint density at radius 2 is 2.00 bits per heavy atom. The van der Waals surface area contributed by atoms with Crippen LogP contribution in [-0.2, 0) is 4.79 Å². The van der Waals surface area contributed by atoms with Crippen LogP contribution >= 0.6 is 0 Å². The molecule has 20 heavy (non-hydrogen) atoms. The Morgan fingerprint density at radius 3 is 2.60 bits per heavy atom. The van der Waals surface area contributed by atoms with E-state index in [0.29, 0.717) is 6.04 Å². The Hall–Kier alpha value is -1.58. The summed E-state index contributed by atoms with van der Waals surface area (Å²) in [5.74, 6) is 0.196. The second-order valence-electron chi connectivity index (χ2n) is 5.65. The maximum atomic E-state index is 13.6. The zero-order valence-corrected chi connectivity index (χ0v) is 12.2. The minimum absolute atomic E-state index is 0.241. The van der Waals surface area contributed by atoms with Crippen molar-refractivity contribution in [3.05, 3.63) is 24.0 Å². The van der Waals surface area contributed by atoms with Gasteiger partial charge in [-0.05, 0) is 49.8 Å². The lowest BCUT2D eigenvalue weighted by atomic mass is 9.84. The number of hydrogen-bond donors (Lipinski definition) is 2. The van der Waals surface area contributed by atoms with Gasteiger partial charge in [0.2, 0.25) is 5.91 Å². The molecule has 0 aliphatic heterocycles. The normalized spacial score (nSPS) is 22.4. The molecule has 1 aromatic rings. The molecule has 1 aliphatic carbocycles. The Morgan fingerprint density at radius 1 is 1.30 bits per heavy atom. The highest BCUT2D eigenvalue weighted by molar-refractivity contribution is 5.89. The van der Waals surface area contributed by atoms with E-state index in [1.54, 1.807) is 12.1 Å². The summed E-state index contributed by atoms with van der Waals surface area (Å²) in [6.07, 6.45) is 6.09. The zero-order valence-electron chi connectivity index (χ0n) is 12.2. The fourth-order valence-corrected chi connectivity index (χ4v) is 2.85. The topological polar surface area (TPSA) is 41.1 Å². The van der Waals surface area contributed by atoms with Gasteiger partial charge in [0.05, 0.1) is 5.69 Å². The van der Waals surface area contributed by atoms with Crippen molar-refractivity contribution in [3.63, 3.8) is 0 Å². The third-order valence-electron chi connectivity index (χ3n) is 4.07. The van der Waals surface area contributed by atoms with Crippen LogP contribution < -0.4 is 10.6 Å². The molecule has 1 fully saturated rings. The largest absolute Gasteiger partial charge is 0.382 e. The maximum absolute atomic E-state index is 13.6. The van der Waals surface area contributed by atoms with Gasteiger partial charge in [0.25, 0.3) is 0 Å². The van der Waals surface area contributed by atoms with Gasteiger partial charge >= 0.3 is 0 Å². The third-order valence-corrected chi connectivity index (χ3v) is 4.07. The number of amides is 1. The van der Waals surface area contributed by atoms with E-state index in [1.165, 1.54) is 32.3 Å². The molecule has 0 radical (unpaired) electrons. The minimum atomic E-state index is -0.402. The molecule has 3 nitrogen and oxygen atoms in total. The van der Waals surface area contributed by atoms with E-state index in [1.807, 2.05) is 0 Å². The van der Waals surface area contributed by atoms with E-state index >= 15 is 0 Å². The van der Waals surface area contributed by atoms with Crippen LogP contribution in [0.25, 0.3) is 0 Å². The van der Waals surface area contributed by atoms with Crippen molar-refractivity contribution < 1.29 is 9.18 Å². The van der Waals surface area contributed by atoms with E-state index in [4.69, 9.17) is 0 Å². The summed E-state index contributed by atoms with van der Waals surface area (Å²) in [6.45, 7) is 3.63. The summed E-state index contributed by atoms with van der Waals surface area (Å²) in [7, 11) is 0. The number of anilines is 2. The first-order valence-electron chi connectivity index (χ1n) is 7.42. The first-order chi connectivity index (χ1) is 9.58. The van der Waals surface area contributed by atoms with Crippen LogP contribution in [0.1, 0.15) is 46.0 Å². The van der Waals surface area contributed by atoms with Gasteiger partial charge in [-0.1, -0.05) is 13.3 Å². The highest BCUT2D eigenvalue weighted by Crippen LogP contribution is 2.29. The average Bonchev–Trinajstić information content (AvgIpc) is 2.43. The van der Waals surface area contributed by atoms with Gasteiger partial charge in [0.1, 0.15) is 5.82 Å². The molecule has 2 N–H and O–H groups in total. The molecule has 0 atom stereocenters. The van der Waals surface area contributed by atoms with Crippen molar-refractivity contribution in [1.29, 1.82) is 0 Å². The Kier molecular flexibility index (Phi) is 4.99. The second-order valence-corrected chi connectivity index (χ2v) is 5.65. The molecular weight excluding hydrogens is 255 g/mol. The van der Waals surface area contributed by atoms with E-state index in [2.05, 4.69) is 17.6 Å². The Bertz CT molecular complexity index is 468. The molecular formula is C16H23FN2O. The minimum Gasteiger partial charge on any atom is -0.382 e. The monoisotopic (exact) mass is 278 g/mol. The lowest BCUT2D eigenvalue weighted by Gasteiger charge is -2.29. The van der Waals surface area contributed by atoms with Crippen LogP contribution in [-0.4, -0.2) is 11.9 Å². The molecule has 1 saturated carbocycles. The standard InChI is InChI=1S/C16H23FN2O/c1-3-12-4-6-13(7-5-12)19-14-8-9-15(17)16(10-14)18-11(2)20/h8-10,12-13,19H,3-7H2,1-2H3,(H,18,20). The fraction of sp³-hybridized carbons (Fsp3) is 0.562. The summed E-state index contributed by atoms with van der Waals surface area (Å²) in [5.41, 5.74) is 1.11. The fourth-order valence-electron chi connectivity index (χ4n) is 2.85. The van der Waals surface area contributed by atoms with Crippen molar-refractivity contribution in [1.82, 2.24) is 0 Å². The molecule has 0 aromatic heterocycles. The van der Waals surface area contributed by atoms with Crippen molar-refractivity contribution in [3.8, 4) is 0 Å². The lowest BCUT2D eigenvalue weighted by Crippen LogP contribution is -2.26. The Labute approximate surface area is 120 Å². The predicted molar refractivity (Wildman–Crippen MR) is 80.4 cm³/mol. The molecule has 0 heterocycles. The maximum Gasteiger partial charge on any atom is 0.221 e. The molecule has 1 aromatic carbocycles. The number of rotatable bonds is 4. The van der Waals surface area contributed by atoms with Gasteiger partial charge in [0, 0.05) is 18.7 Å². The molecule has 0 bridgehead atoms. The lowest BCUT2D eigenvalue weighted by molar-refractivity contribution is -0.114. The number of carbonyl (C=O) groups is 1. The van der Waals surface area contributed by atoms with Gasteiger partial charge in [-0.3, -0.25) is 4.79 Å². The quantitative estimate of drug-likeness (QED) is 0.868. The van der Waals surface area contributed by atoms with Crippen LogP contribution in [0.15, 0.2) is 18.2 Å². The van der Waals surface area contributed by atoms with Crippen molar-refractivity contribution in [2.45, 2.75) is 52.0 Å². The predicted octanol–water partition coefficient (Wildman–Crippen LogP) is 4.16. The first-order valence-corrected chi connectivity index (χ1v) is 7.42. The van der Waals surface area contributed by atoms with E-state index < -0.39 is 5.82 Å². The SMILES string of the molecule is CCC1CCC(Nc2ccc(F)c(NC(C)=O)c2)CC1. The van der Waals surface area contributed by atoms with Gasteiger partial charge in [-0.2, -0.15) is 0 Å². The van der Waals surface area contributed by atoms with Crippen LogP contribution in [0.5, 0.6) is 0 Å². The van der Waals surface area contributed by atoms with Gasteiger partial charge in [-0.15, -0.1) is 0 Å². The van der Waals surface area contributed by atoms with E-state index in [0.717, 1.165) is 24.4 Å².